The van der Waals surface area contributed by atoms with E-state index >= 15 is 0 Å². The highest BCUT2D eigenvalue weighted by molar-refractivity contribution is 7.85. The molecule has 0 aromatic heterocycles. The highest BCUT2D eigenvalue weighted by Gasteiger charge is 1.99. The lowest BCUT2D eigenvalue weighted by atomic mass is 10.4. The molecule has 0 amide bonds. The van der Waals surface area contributed by atoms with Crippen LogP contribution < -0.4 is 0 Å². The van der Waals surface area contributed by atoms with Gasteiger partial charge in [0.2, 0.25) is 0 Å². The van der Waals surface area contributed by atoms with E-state index in [9.17, 15) is 8.42 Å². The van der Waals surface area contributed by atoms with Gasteiger partial charge in [0.1, 0.15) is 0 Å². The highest BCUT2D eigenvalue weighted by atomic mass is 32.2. The zero-order valence-corrected chi connectivity index (χ0v) is 6.61. The summed E-state index contributed by atoms with van der Waals surface area (Å²) in [6.07, 6.45) is 0.929. The molecule has 0 bridgehead atoms. The molecule has 0 heterocycles. The third-order valence-electron chi connectivity index (χ3n) is 0.787. The van der Waals surface area contributed by atoms with E-state index in [1.165, 1.54) is 0 Å². The Balaban J connectivity index is 3.58. The molecule has 0 fully saturated rings. The first-order valence-corrected chi connectivity index (χ1v) is 4.58. The average molecular weight is 162 g/mol. The van der Waals surface area contributed by atoms with Gasteiger partial charge in [-0.15, -0.1) is 11.8 Å². The van der Waals surface area contributed by atoms with Gasteiger partial charge >= 0.3 is 0 Å². The summed E-state index contributed by atoms with van der Waals surface area (Å²) in [6.45, 7) is 1.88. The van der Waals surface area contributed by atoms with Crippen molar-refractivity contribution in [1.82, 2.24) is 0 Å². The van der Waals surface area contributed by atoms with Crippen LogP contribution in [0, 0.1) is 11.8 Å². The third kappa shape index (κ3) is 7.47. The predicted molar refractivity (Wildman–Crippen MR) is 39.1 cm³/mol. The lowest BCUT2D eigenvalue weighted by molar-refractivity contribution is 0.483. The maximum atomic E-state index is 10.1. The van der Waals surface area contributed by atoms with Gasteiger partial charge in [0.05, 0.1) is 5.75 Å². The summed E-state index contributed by atoms with van der Waals surface area (Å²) in [4.78, 5) is 0. The van der Waals surface area contributed by atoms with Crippen molar-refractivity contribution >= 4 is 10.1 Å². The second kappa shape index (κ2) is 4.31. The largest absolute Gasteiger partial charge is 0.286 e. The van der Waals surface area contributed by atoms with Gasteiger partial charge in [-0.05, 0) is 0 Å². The summed E-state index contributed by atoms with van der Waals surface area (Å²) in [5, 5.41) is 0. The molecule has 3 nitrogen and oxygen atoms in total. The fourth-order valence-corrected chi connectivity index (χ4v) is 0.753. The van der Waals surface area contributed by atoms with Crippen molar-refractivity contribution in [2.24, 2.45) is 0 Å². The van der Waals surface area contributed by atoms with Crippen molar-refractivity contribution in [3.63, 3.8) is 0 Å². The molecule has 0 radical (unpaired) electrons. The van der Waals surface area contributed by atoms with Crippen LogP contribution in [-0.2, 0) is 10.1 Å². The van der Waals surface area contributed by atoms with Crippen LogP contribution in [0.1, 0.15) is 19.8 Å². The molecule has 0 spiro atoms. The molecule has 1 N–H and O–H groups in total. The number of rotatable bonds is 2. The van der Waals surface area contributed by atoms with E-state index in [1.54, 1.807) is 0 Å². The Hall–Kier alpha value is -0.530. The first-order chi connectivity index (χ1) is 4.56. The molecule has 0 aromatic carbocycles. The summed E-state index contributed by atoms with van der Waals surface area (Å²) >= 11 is 0. The molecular weight excluding hydrogens is 152 g/mol. The molecule has 0 aliphatic heterocycles. The third-order valence-corrected chi connectivity index (χ3v) is 1.51. The first-order valence-electron chi connectivity index (χ1n) is 2.97. The lowest BCUT2D eigenvalue weighted by Crippen LogP contribution is -2.02. The molecule has 0 atom stereocenters. The summed E-state index contributed by atoms with van der Waals surface area (Å²) in [7, 11) is -3.81. The molecule has 0 rings (SSSR count). The predicted octanol–water partition coefficient (Wildman–Crippen LogP) is 0.678. The van der Waals surface area contributed by atoms with E-state index in [4.69, 9.17) is 4.55 Å². The minimum absolute atomic E-state index is 0.215. The van der Waals surface area contributed by atoms with Gasteiger partial charge in [0.25, 0.3) is 10.1 Å². The fraction of sp³-hybridized carbons (Fsp3) is 0.667. The minimum atomic E-state index is -3.81. The fourth-order valence-electron chi connectivity index (χ4n) is 0.393. The van der Waals surface area contributed by atoms with Crippen LogP contribution in [0.15, 0.2) is 0 Å². The standard InChI is InChI=1S/C6H10O3S/c1-2-3-4-5-6-10(7,8)9/h2,5-6H2,1H3,(H,7,8,9). The number of hydrogen-bond acceptors (Lipinski definition) is 2. The average Bonchev–Trinajstić information content (AvgIpc) is 1.78. The van der Waals surface area contributed by atoms with Gasteiger partial charge in [-0.25, -0.2) is 0 Å². The second-order valence-corrected chi connectivity index (χ2v) is 3.32. The second-order valence-electron chi connectivity index (χ2n) is 1.74. The molecule has 58 valence electrons. The van der Waals surface area contributed by atoms with E-state index in [0.717, 1.165) is 0 Å². The van der Waals surface area contributed by atoms with E-state index in [1.807, 2.05) is 6.92 Å². The molecule has 0 aromatic rings. The zero-order chi connectivity index (χ0) is 8.04. The zero-order valence-electron chi connectivity index (χ0n) is 5.79. The van der Waals surface area contributed by atoms with Crippen LogP contribution in [0.3, 0.4) is 0 Å². The molecule has 4 heteroatoms. The van der Waals surface area contributed by atoms with Crippen LogP contribution in [0.25, 0.3) is 0 Å². The monoisotopic (exact) mass is 162 g/mol. The Morgan fingerprint density at radius 1 is 1.40 bits per heavy atom. The Kier molecular flexibility index (Phi) is 4.08. The number of hydrogen-bond donors (Lipinski definition) is 1. The molecule has 10 heavy (non-hydrogen) atoms. The molecule has 0 saturated heterocycles. The van der Waals surface area contributed by atoms with Crippen molar-refractivity contribution in [2.75, 3.05) is 5.75 Å². The quantitative estimate of drug-likeness (QED) is 0.480. The van der Waals surface area contributed by atoms with E-state index in [2.05, 4.69) is 11.8 Å². The summed E-state index contributed by atoms with van der Waals surface area (Å²) in [6, 6.07) is 0. The van der Waals surface area contributed by atoms with Crippen molar-refractivity contribution in [2.45, 2.75) is 19.8 Å². The van der Waals surface area contributed by atoms with Crippen LogP contribution >= 0.6 is 0 Å². The Morgan fingerprint density at radius 2 is 2.00 bits per heavy atom. The van der Waals surface area contributed by atoms with Gasteiger partial charge < -0.3 is 0 Å². The van der Waals surface area contributed by atoms with E-state index in [0.29, 0.717) is 6.42 Å². The molecule has 0 aliphatic rings. The Labute approximate surface area is 61.2 Å². The van der Waals surface area contributed by atoms with Crippen molar-refractivity contribution < 1.29 is 13.0 Å². The van der Waals surface area contributed by atoms with Crippen molar-refractivity contribution in [3.05, 3.63) is 0 Å². The normalized spacial score (nSPS) is 10.2. The summed E-state index contributed by atoms with van der Waals surface area (Å²) in [5.41, 5.74) is 0. The van der Waals surface area contributed by atoms with Crippen molar-refractivity contribution in [1.29, 1.82) is 0 Å². The molecule has 0 unspecified atom stereocenters. The maximum absolute atomic E-state index is 10.1. The first kappa shape index (κ1) is 9.47. The topological polar surface area (TPSA) is 54.4 Å². The van der Waals surface area contributed by atoms with Crippen LogP contribution in [0.5, 0.6) is 0 Å². The van der Waals surface area contributed by atoms with Crippen LogP contribution in [0.2, 0.25) is 0 Å². The van der Waals surface area contributed by atoms with Crippen molar-refractivity contribution in [3.8, 4) is 11.8 Å². The van der Waals surface area contributed by atoms with Gasteiger partial charge in [-0.2, -0.15) is 8.42 Å². The van der Waals surface area contributed by atoms with Crippen LogP contribution in [-0.4, -0.2) is 18.7 Å². The molecule has 0 saturated carbocycles. The van der Waals surface area contributed by atoms with Gasteiger partial charge in [-0.3, -0.25) is 4.55 Å². The minimum Gasteiger partial charge on any atom is -0.286 e. The Morgan fingerprint density at radius 3 is 2.40 bits per heavy atom. The molecular formula is C6H10O3S. The van der Waals surface area contributed by atoms with E-state index in [-0.39, 0.29) is 12.2 Å². The van der Waals surface area contributed by atoms with Crippen LogP contribution in [0.4, 0.5) is 0 Å². The van der Waals surface area contributed by atoms with Gasteiger partial charge in [0.15, 0.2) is 0 Å². The molecule has 0 aliphatic carbocycles. The van der Waals surface area contributed by atoms with E-state index < -0.39 is 10.1 Å². The van der Waals surface area contributed by atoms with Gasteiger partial charge in [0, 0.05) is 12.8 Å². The maximum Gasteiger partial charge on any atom is 0.265 e. The van der Waals surface area contributed by atoms with Gasteiger partial charge in [-0.1, -0.05) is 6.92 Å². The lowest BCUT2D eigenvalue weighted by Gasteiger charge is -1.86. The highest BCUT2D eigenvalue weighted by Crippen LogP contribution is 1.85. The SMILES string of the molecule is CCC#CCCS(=O)(=O)O. The Bertz CT molecular complexity index is 229. The summed E-state index contributed by atoms with van der Waals surface area (Å²) in [5.74, 6) is 5.03. The summed E-state index contributed by atoms with van der Waals surface area (Å²) < 4.78 is 28.4. The smallest absolute Gasteiger partial charge is 0.265 e.